The Hall–Kier alpha value is -0.160. The number of aliphatic hydroxyl groups excluding tert-OH is 1. The molecule has 4 nitrogen and oxygen atoms in total. The predicted molar refractivity (Wildman–Crippen MR) is 72.7 cm³/mol. The standard InChI is InChI=1S/C14H28N2O2/c1-2-18-11-13(17)10-16-8-4-5-12(9-16)14-6-3-7-15-14/h12-15,17H,2-11H2,1H3. The number of aliphatic hydroxyl groups is 1. The van der Waals surface area contributed by atoms with Gasteiger partial charge in [0.2, 0.25) is 0 Å². The van der Waals surface area contributed by atoms with E-state index in [4.69, 9.17) is 4.74 Å². The maximum absolute atomic E-state index is 9.90. The molecule has 3 atom stereocenters. The molecular formula is C14H28N2O2. The van der Waals surface area contributed by atoms with Gasteiger partial charge < -0.3 is 20.1 Å². The molecule has 0 radical (unpaired) electrons. The molecule has 2 aliphatic rings. The summed E-state index contributed by atoms with van der Waals surface area (Å²) in [7, 11) is 0. The van der Waals surface area contributed by atoms with E-state index in [0.717, 1.165) is 31.6 Å². The molecule has 3 unspecified atom stereocenters. The highest BCUT2D eigenvalue weighted by Gasteiger charge is 2.29. The van der Waals surface area contributed by atoms with Crippen molar-refractivity contribution in [2.24, 2.45) is 5.92 Å². The second kappa shape index (κ2) is 7.43. The van der Waals surface area contributed by atoms with E-state index in [0.29, 0.717) is 13.2 Å². The van der Waals surface area contributed by atoms with Crippen LogP contribution < -0.4 is 5.32 Å². The van der Waals surface area contributed by atoms with Crippen LogP contribution in [0.15, 0.2) is 0 Å². The first-order chi connectivity index (χ1) is 8.79. The van der Waals surface area contributed by atoms with E-state index in [2.05, 4.69) is 10.2 Å². The van der Waals surface area contributed by atoms with Crippen molar-refractivity contribution in [1.82, 2.24) is 10.2 Å². The molecule has 0 aliphatic carbocycles. The number of rotatable bonds is 6. The molecule has 18 heavy (non-hydrogen) atoms. The Bertz CT molecular complexity index is 232. The molecule has 2 heterocycles. The Kier molecular flexibility index (Phi) is 5.89. The first kappa shape index (κ1) is 14.3. The summed E-state index contributed by atoms with van der Waals surface area (Å²) in [5.41, 5.74) is 0. The van der Waals surface area contributed by atoms with E-state index in [1.54, 1.807) is 0 Å². The molecule has 0 aromatic rings. The van der Waals surface area contributed by atoms with Crippen molar-refractivity contribution in [3.8, 4) is 0 Å². The minimum atomic E-state index is -0.333. The number of ether oxygens (including phenoxy) is 1. The van der Waals surface area contributed by atoms with Crippen LogP contribution in [-0.2, 0) is 4.74 Å². The van der Waals surface area contributed by atoms with Crippen molar-refractivity contribution in [3.05, 3.63) is 0 Å². The fourth-order valence-electron chi connectivity index (χ4n) is 3.30. The van der Waals surface area contributed by atoms with Gasteiger partial charge in [-0.1, -0.05) is 0 Å². The summed E-state index contributed by atoms with van der Waals surface area (Å²) in [5, 5.41) is 13.5. The molecule has 4 heteroatoms. The molecule has 2 saturated heterocycles. The third-order valence-corrected chi connectivity index (χ3v) is 4.19. The molecule has 2 N–H and O–H groups in total. The highest BCUT2D eigenvalue weighted by molar-refractivity contribution is 4.86. The SMILES string of the molecule is CCOCC(O)CN1CCCC(C2CCCN2)C1. The average Bonchev–Trinajstić information content (AvgIpc) is 2.90. The van der Waals surface area contributed by atoms with Crippen LogP contribution >= 0.6 is 0 Å². The van der Waals surface area contributed by atoms with Gasteiger partial charge in [-0.3, -0.25) is 0 Å². The Morgan fingerprint density at radius 1 is 1.39 bits per heavy atom. The lowest BCUT2D eigenvalue weighted by atomic mass is 9.89. The zero-order chi connectivity index (χ0) is 12.8. The van der Waals surface area contributed by atoms with E-state index in [1.807, 2.05) is 6.92 Å². The first-order valence-electron chi connectivity index (χ1n) is 7.51. The van der Waals surface area contributed by atoms with E-state index >= 15 is 0 Å². The maximum atomic E-state index is 9.90. The van der Waals surface area contributed by atoms with Crippen LogP contribution in [0.3, 0.4) is 0 Å². The molecule has 2 rings (SSSR count). The van der Waals surface area contributed by atoms with Crippen LogP contribution in [-0.4, -0.2) is 61.5 Å². The average molecular weight is 256 g/mol. The monoisotopic (exact) mass is 256 g/mol. The highest BCUT2D eigenvalue weighted by Crippen LogP contribution is 2.24. The van der Waals surface area contributed by atoms with Crippen LogP contribution in [0, 0.1) is 5.92 Å². The van der Waals surface area contributed by atoms with Gasteiger partial charge in [-0.2, -0.15) is 0 Å². The normalized spacial score (nSPS) is 31.7. The lowest BCUT2D eigenvalue weighted by Crippen LogP contribution is -2.46. The summed E-state index contributed by atoms with van der Waals surface area (Å²) in [5.74, 6) is 0.778. The summed E-state index contributed by atoms with van der Waals surface area (Å²) < 4.78 is 5.27. The van der Waals surface area contributed by atoms with Gasteiger partial charge >= 0.3 is 0 Å². The summed E-state index contributed by atoms with van der Waals surface area (Å²) in [6, 6.07) is 0.719. The number of nitrogens with one attached hydrogen (secondary N) is 1. The first-order valence-corrected chi connectivity index (χ1v) is 7.51. The lowest BCUT2D eigenvalue weighted by Gasteiger charge is -2.36. The van der Waals surface area contributed by atoms with Gasteiger partial charge in [-0.15, -0.1) is 0 Å². The van der Waals surface area contributed by atoms with Crippen molar-refractivity contribution in [2.75, 3.05) is 39.4 Å². The van der Waals surface area contributed by atoms with E-state index in [1.165, 1.54) is 32.2 Å². The van der Waals surface area contributed by atoms with Gasteiger partial charge in [-0.05, 0) is 51.6 Å². The predicted octanol–water partition coefficient (Wildman–Crippen LogP) is 0.848. The smallest absolute Gasteiger partial charge is 0.0900 e. The molecule has 0 aromatic heterocycles. The largest absolute Gasteiger partial charge is 0.389 e. The maximum Gasteiger partial charge on any atom is 0.0900 e. The number of β-amino-alcohol motifs (C(OH)–C–C–N with tert-alkyl or cyclic N) is 1. The second-order valence-corrected chi connectivity index (χ2v) is 5.68. The molecule has 0 saturated carbocycles. The molecule has 0 amide bonds. The number of piperidine rings is 1. The molecule has 2 aliphatic heterocycles. The molecule has 0 bridgehead atoms. The van der Waals surface area contributed by atoms with Gasteiger partial charge in [0, 0.05) is 25.7 Å². The van der Waals surface area contributed by atoms with Gasteiger partial charge in [0.05, 0.1) is 12.7 Å². The summed E-state index contributed by atoms with van der Waals surface area (Å²) in [6.07, 6.45) is 4.94. The lowest BCUT2D eigenvalue weighted by molar-refractivity contribution is 0.0111. The Balaban J connectivity index is 1.72. The summed E-state index contributed by atoms with van der Waals surface area (Å²) in [6.45, 7) is 7.35. The number of nitrogens with zero attached hydrogens (tertiary/aromatic N) is 1. The zero-order valence-corrected chi connectivity index (χ0v) is 11.6. The Morgan fingerprint density at radius 3 is 3.00 bits per heavy atom. The van der Waals surface area contributed by atoms with Crippen LogP contribution in [0.5, 0.6) is 0 Å². The van der Waals surface area contributed by atoms with Crippen molar-refractivity contribution in [3.63, 3.8) is 0 Å². The molecule has 0 spiro atoms. The third kappa shape index (κ3) is 4.19. The molecule has 0 aromatic carbocycles. The van der Waals surface area contributed by atoms with Crippen molar-refractivity contribution >= 4 is 0 Å². The molecule has 106 valence electrons. The van der Waals surface area contributed by atoms with Crippen molar-refractivity contribution in [1.29, 1.82) is 0 Å². The number of hydrogen-bond donors (Lipinski definition) is 2. The quantitative estimate of drug-likeness (QED) is 0.739. The van der Waals surface area contributed by atoms with E-state index in [-0.39, 0.29) is 6.10 Å². The zero-order valence-electron chi connectivity index (χ0n) is 11.6. The fourth-order valence-corrected chi connectivity index (χ4v) is 3.30. The topological polar surface area (TPSA) is 44.7 Å². The van der Waals surface area contributed by atoms with E-state index in [9.17, 15) is 5.11 Å². The number of hydrogen-bond acceptors (Lipinski definition) is 4. The van der Waals surface area contributed by atoms with Crippen LogP contribution in [0.2, 0.25) is 0 Å². The second-order valence-electron chi connectivity index (χ2n) is 5.68. The molecule has 2 fully saturated rings. The number of likely N-dealkylation sites (tertiary alicyclic amines) is 1. The van der Waals surface area contributed by atoms with Crippen LogP contribution in [0.1, 0.15) is 32.6 Å². The van der Waals surface area contributed by atoms with Crippen molar-refractivity contribution in [2.45, 2.75) is 44.8 Å². The van der Waals surface area contributed by atoms with Crippen LogP contribution in [0.4, 0.5) is 0 Å². The van der Waals surface area contributed by atoms with Gasteiger partial charge in [-0.25, -0.2) is 0 Å². The highest BCUT2D eigenvalue weighted by atomic mass is 16.5. The van der Waals surface area contributed by atoms with Crippen molar-refractivity contribution < 1.29 is 9.84 Å². The minimum absolute atomic E-state index is 0.333. The Labute approximate surface area is 111 Å². The fraction of sp³-hybridized carbons (Fsp3) is 1.00. The third-order valence-electron chi connectivity index (χ3n) is 4.19. The Morgan fingerprint density at radius 2 is 2.28 bits per heavy atom. The van der Waals surface area contributed by atoms with Crippen LogP contribution in [0.25, 0.3) is 0 Å². The summed E-state index contributed by atoms with van der Waals surface area (Å²) in [4.78, 5) is 2.41. The van der Waals surface area contributed by atoms with E-state index < -0.39 is 0 Å². The van der Waals surface area contributed by atoms with Gasteiger partial charge in [0.15, 0.2) is 0 Å². The minimum Gasteiger partial charge on any atom is -0.389 e. The molecular weight excluding hydrogens is 228 g/mol. The van der Waals surface area contributed by atoms with Gasteiger partial charge in [0.25, 0.3) is 0 Å². The van der Waals surface area contributed by atoms with Gasteiger partial charge in [0.1, 0.15) is 0 Å². The summed E-state index contributed by atoms with van der Waals surface area (Å²) >= 11 is 0.